The number of benzene rings is 1. The van der Waals surface area contributed by atoms with Crippen molar-refractivity contribution >= 4 is 17.3 Å². The topological polar surface area (TPSA) is 38.0 Å². The van der Waals surface area contributed by atoms with Crippen LogP contribution in [0.4, 0.5) is 14.5 Å². The molecule has 0 bridgehead atoms. The minimum Gasteiger partial charge on any atom is -0.383 e. The molecule has 0 spiro atoms. The number of hydrogen-bond acceptors (Lipinski definition) is 2. The summed E-state index contributed by atoms with van der Waals surface area (Å²) in [7, 11) is 0. The molecule has 1 aromatic carbocycles. The number of alkyl halides is 2. The van der Waals surface area contributed by atoms with Crippen molar-refractivity contribution in [2.45, 2.75) is 6.43 Å². The van der Waals surface area contributed by atoms with E-state index >= 15 is 0 Å². The molecule has 0 heterocycles. The van der Waals surface area contributed by atoms with Crippen molar-refractivity contribution in [3.05, 3.63) is 28.8 Å². The first-order valence-electron chi connectivity index (χ1n) is 4.16. The van der Waals surface area contributed by atoms with Gasteiger partial charge in [0.2, 0.25) is 0 Å². The summed E-state index contributed by atoms with van der Waals surface area (Å²) >= 11 is 5.77. The Hall–Kier alpha value is -0.870. The summed E-state index contributed by atoms with van der Waals surface area (Å²) in [5.74, 6) is 0. The second kappa shape index (κ2) is 5.12. The molecule has 0 unspecified atom stereocenters. The van der Waals surface area contributed by atoms with Crippen molar-refractivity contribution < 1.29 is 8.78 Å². The van der Waals surface area contributed by atoms with Crippen molar-refractivity contribution in [2.24, 2.45) is 5.73 Å². The van der Waals surface area contributed by atoms with E-state index in [1.807, 2.05) is 0 Å². The molecular weight excluding hydrogens is 210 g/mol. The molecule has 0 aliphatic rings. The van der Waals surface area contributed by atoms with E-state index in [9.17, 15) is 8.78 Å². The van der Waals surface area contributed by atoms with Crippen molar-refractivity contribution in [3.63, 3.8) is 0 Å². The maximum atomic E-state index is 12.2. The minimum absolute atomic E-state index is 0.0756. The summed E-state index contributed by atoms with van der Waals surface area (Å²) in [6.45, 7) is 1.03. The number of halogens is 3. The van der Waals surface area contributed by atoms with Gasteiger partial charge < -0.3 is 11.1 Å². The fourth-order valence-corrected chi connectivity index (χ4v) is 1.27. The van der Waals surface area contributed by atoms with Gasteiger partial charge in [-0.3, -0.25) is 0 Å². The van der Waals surface area contributed by atoms with Gasteiger partial charge in [0.25, 0.3) is 6.43 Å². The van der Waals surface area contributed by atoms with Crippen LogP contribution in [0.2, 0.25) is 5.02 Å². The van der Waals surface area contributed by atoms with Crippen molar-refractivity contribution in [2.75, 3.05) is 18.4 Å². The third-order valence-electron chi connectivity index (χ3n) is 1.70. The molecule has 2 nitrogen and oxygen atoms in total. The summed E-state index contributed by atoms with van der Waals surface area (Å²) < 4.78 is 24.5. The summed E-state index contributed by atoms with van der Waals surface area (Å²) in [6.07, 6.45) is -2.49. The van der Waals surface area contributed by atoms with Gasteiger partial charge in [0.05, 0.1) is 10.7 Å². The average Bonchev–Trinajstić information content (AvgIpc) is 2.15. The van der Waals surface area contributed by atoms with Gasteiger partial charge in [0.1, 0.15) is 0 Å². The molecule has 0 saturated carbocycles. The van der Waals surface area contributed by atoms with E-state index in [1.54, 1.807) is 0 Å². The van der Waals surface area contributed by atoms with Crippen molar-refractivity contribution in [1.82, 2.24) is 0 Å². The normalized spacial score (nSPS) is 10.6. The highest BCUT2D eigenvalue weighted by atomic mass is 35.5. The smallest absolute Gasteiger partial charge is 0.263 e. The van der Waals surface area contributed by atoms with Crippen LogP contribution in [0.15, 0.2) is 18.2 Å². The zero-order chi connectivity index (χ0) is 10.6. The molecule has 0 radical (unpaired) electrons. The lowest BCUT2D eigenvalue weighted by Gasteiger charge is -2.08. The maximum absolute atomic E-state index is 12.2. The molecule has 0 aliphatic carbocycles. The minimum atomic E-state index is -2.49. The van der Waals surface area contributed by atoms with Gasteiger partial charge in [-0.1, -0.05) is 17.7 Å². The third-order valence-corrected chi connectivity index (χ3v) is 2.02. The monoisotopic (exact) mass is 220 g/mol. The average molecular weight is 221 g/mol. The van der Waals surface area contributed by atoms with E-state index in [4.69, 9.17) is 17.3 Å². The largest absolute Gasteiger partial charge is 0.383 e. The van der Waals surface area contributed by atoms with Gasteiger partial charge in [0, 0.05) is 18.7 Å². The molecule has 1 rings (SSSR count). The summed E-state index contributed by atoms with van der Waals surface area (Å²) in [5.41, 5.74) is 5.83. The van der Waals surface area contributed by atoms with Crippen LogP contribution in [-0.4, -0.2) is 13.1 Å². The van der Waals surface area contributed by atoms with Gasteiger partial charge >= 0.3 is 0 Å². The lowest BCUT2D eigenvalue weighted by atomic mass is 10.2. The van der Waals surface area contributed by atoms with Crippen LogP contribution in [0.3, 0.4) is 0 Å². The number of hydrogen-bond donors (Lipinski definition) is 2. The second-order valence-corrected chi connectivity index (χ2v) is 3.16. The first-order valence-corrected chi connectivity index (χ1v) is 4.54. The number of rotatable bonds is 4. The Bertz CT molecular complexity index is 305. The molecule has 5 heteroatoms. The van der Waals surface area contributed by atoms with Gasteiger partial charge in [-0.15, -0.1) is 0 Å². The maximum Gasteiger partial charge on any atom is 0.263 e. The molecule has 0 atom stereocenters. The molecule has 1 aromatic rings. The van der Waals surface area contributed by atoms with E-state index in [0.29, 0.717) is 18.8 Å². The highest BCUT2D eigenvalue weighted by Gasteiger charge is 2.08. The molecule has 0 aliphatic heterocycles. The van der Waals surface area contributed by atoms with Crippen LogP contribution in [0.1, 0.15) is 12.0 Å². The van der Waals surface area contributed by atoms with E-state index < -0.39 is 6.43 Å². The van der Waals surface area contributed by atoms with Gasteiger partial charge in [-0.2, -0.15) is 0 Å². The second-order valence-electron chi connectivity index (χ2n) is 2.76. The third kappa shape index (κ3) is 2.82. The Kier molecular flexibility index (Phi) is 4.10. The summed E-state index contributed by atoms with van der Waals surface area (Å²) in [4.78, 5) is 0. The highest BCUT2D eigenvalue weighted by Crippen LogP contribution is 2.27. The number of nitrogens with two attached hydrogens (primary N) is 1. The number of anilines is 1. The standard InChI is InChI=1S/C9H11ClF2N2/c10-7-5-6(9(11)12)1-2-8(7)14-4-3-13/h1-2,5,9,14H,3-4,13H2. The lowest BCUT2D eigenvalue weighted by molar-refractivity contribution is 0.151. The fraction of sp³-hybridized carbons (Fsp3) is 0.333. The van der Waals surface area contributed by atoms with Gasteiger partial charge in [-0.25, -0.2) is 8.78 Å². The SMILES string of the molecule is NCCNc1ccc(C(F)F)cc1Cl. The Labute approximate surface area is 86.1 Å². The van der Waals surface area contributed by atoms with Crippen LogP contribution >= 0.6 is 11.6 Å². The Morgan fingerprint density at radius 2 is 2.14 bits per heavy atom. The van der Waals surface area contributed by atoms with Crippen LogP contribution in [0.25, 0.3) is 0 Å². The van der Waals surface area contributed by atoms with Crippen molar-refractivity contribution in [1.29, 1.82) is 0 Å². The quantitative estimate of drug-likeness (QED) is 0.819. The Balaban J connectivity index is 2.79. The fourth-order valence-electron chi connectivity index (χ4n) is 1.02. The molecule has 0 aromatic heterocycles. The van der Waals surface area contributed by atoms with Crippen molar-refractivity contribution in [3.8, 4) is 0 Å². The van der Waals surface area contributed by atoms with Crippen LogP contribution < -0.4 is 11.1 Å². The summed E-state index contributed by atoms with van der Waals surface area (Å²) in [5, 5.41) is 3.22. The van der Waals surface area contributed by atoms with Gasteiger partial charge in [0.15, 0.2) is 0 Å². The van der Waals surface area contributed by atoms with Gasteiger partial charge in [-0.05, 0) is 12.1 Å². The zero-order valence-corrected chi connectivity index (χ0v) is 8.19. The van der Waals surface area contributed by atoms with Crippen LogP contribution in [0.5, 0.6) is 0 Å². The van der Waals surface area contributed by atoms with E-state index in [0.717, 1.165) is 0 Å². The predicted molar refractivity (Wildman–Crippen MR) is 54.0 cm³/mol. The molecule has 0 amide bonds. The molecular formula is C9H11ClF2N2. The van der Waals surface area contributed by atoms with E-state index in [-0.39, 0.29) is 10.6 Å². The molecule has 14 heavy (non-hydrogen) atoms. The first kappa shape index (κ1) is 11.2. The van der Waals surface area contributed by atoms with E-state index in [1.165, 1.54) is 18.2 Å². The molecule has 78 valence electrons. The lowest BCUT2D eigenvalue weighted by Crippen LogP contribution is -2.13. The van der Waals surface area contributed by atoms with E-state index in [2.05, 4.69) is 5.32 Å². The zero-order valence-electron chi connectivity index (χ0n) is 7.43. The van der Waals surface area contributed by atoms with Crippen LogP contribution in [-0.2, 0) is 0 Å². The Morgan fingerprint density at radius 3 is 2.64 bits per heavy atom. The van der Waals surface area contributed by atoms with Crippen LogP contribution in [0, 0.1) is 0 Å². The molecule has 0 fully saturated rings. The predicted octanol–water partition coefficient (Wildman–Crippen LogP) is 2.65. The highest BCUT2D eigenvalue weighted by molar-refractivity contribution is 6.33. The molecule has 3 N–H and O–H groups in total. The molecule has 0 saturated heterocycles. The Morgan fingerprint density at radius 1 is 1.43 bits per heavy atom. The number of nitrogens with one attached hydrogen (secondary N) is 1. The first-order chi connectivity index (χ1) is 6.65. The summed E-state index contributed by atoms with van der Waals surface area (Å²) in [6, 6.07) is 4.12.